The molecular weight excluding hydrogens is 340 g/mol. The van der Waals surface area contributed by atoms with Crippen molar-refractivity contribution in [2.75, 3.05) is 7.11 Å². The Morgan fingerprint density at radius 1 is 1.19 bits per heavy atom. The van der Waals surface area contributed by atoms with Gasteiger partial charge in [-0.05, 0) is 50.4 Å². The third kappa shape index (κ3) is 9.05. The van der Waals surface area contributed by atoms with Crippen molar-refractivity contribution in [2.45, 2.75) is 104 Å². The number of rotatable bonds is 13. The van der Waals surface area contributed by atoms with Gasteiger partial charge in [0, 0.05) is 12.3 Å². The summed E-state index contributed by atoms with van der Waals surface area (Å²) in [5.74, 6) is -0.905. The van der Waals surface area contributed by atoms with Crippen LogP contribution in [0.1, 0.15) is 97.8 Å². The van der Waals surface area contributed by atoms with Gasteiger partial charge in [0.25, 0.3) is 0 Å². The number of unbranched alkanes of at least 4 members (excludes halogenated alkanes) is 3. The van der Waals surface area contributed by atoms with Crippen LogP contribution in [0.3, 0.4) is 0 Å². The molecule has 1 saturated carbocycles. The maximum absolute atomic E-state index is 11.4. The van der Waals surface area contributed by atoms with Crippen molar-refractivity contribution in [1.29, 1.82) is 0 Å². The number of hydrogen-bond acceptors (Lipinski definition) is 4. The number of Topliss-reactive ketones (excluding diaryl/α,β-unsaturated/α-hetero) is 1. The molecule has 4 nitrogen and oxygen atoms in total. The monoisotopic (exact) mass is 380 g/mol. The van der Waals surface area contributed by atoms with Gasteiger partial charge in [-0.1, -0.05) is 58.1 Å². The van der Waals surface area contributed by atoms with Crippen LogP contribution in [-0.4, -0.2) is 30.1 Å². The van der Waals surface area contributed by atoms with E-state index in [2.05, 4.69) is 31.6 Å². The molecule has 2 atom stereocenters. The number of methoxy groups -OCH3 is 1. The van der Waals surface area contributed by atoms with E-state index in [0.717, 1.165) is 38.5 Å². The third-order valence-electron chi connectivity index (χ3n) is 5.94. The molecule has 27 heavy (non-hydrogen) atoms. The SMILES string of the molecule is CCCCC(C)(C)CCC=C1CC[C@H](O)[C@@H]1CCCCCC(=O)C(=O)OC. The van der Waals surface area contributed by atoms with E-state index in [0.29, 0.717) is 11.8 Å². The second-order valence-electron chi connectivity index (χ2n) is 8.81. The molecule has 0 bridgehead atoms. The predicted molar refractivity (Wildman–Crippen MR) is 109 cm³/mol. The Morgan fingerprint density at radius 3 is 2.59 bits per heavy atom. The topological polar surface area (TPSA) is 63.6 Å². The normalized spacial score (nSPS) is 21.6. The number of aliphatic hydroxyl groups excluding tert-OH is 1. The Labute approximate surface area is 165 Å². The lowest BCUT2D eigenvalue weighted by atomic mass is 9.82. The number of ether oxygens (including phenoxy) is 1. The summed E-state index contributed by atoms with van der Waals surface area (Å²) in [6.45, 7) is 6.96. The highest BCUT2D eigenvalue weighted by molar-refractivity contribution is 6.33. The first-order valence-electron chi connectivity index (χ1n) is 10.8. The van der Waals surface area contributed by atoms with Gasteiger partial charge in [0.1, 0.15) is 0 Å². The van der Waals surface area contributed by atoms with Crippen molar-refractivity contribution >= 4 is 11.8 Å². The summed E-state index contributed by atoms with van der Waals surface area (Å²) in [6.07, 6.45) is 14.0. The lowest BCUT2D eigenvalue weighted by molar-refractivity contribution is -0.151. The van der Waals surface area contributed by atoms with E-state index in [4.69, 9.17) is 0 Å². The molecule has 1 fully saturated rings. The van der Waals surface area contributed by atoms with Gasteiger partial charge in [0.2, 0.25) is 5.78 Å². The fourth-order valence-corrected chi connectivity index (χ4v) is 4.05. The number of hydrogen-bond donors (Lipinski definition) is 1. The summed E-state index contributed by atoms with van der Waals surface area (Å²) in [5, 5.41) is 10.3. The fraction of sp³-hybridized carbons (Fsp3) is 0.826. The number of carbonyl (C=O) groups excluding carboxylic acids is 2. The Hall–Kier alpha value is -1.16. The van der Waals surface area contributed by atoms with E-state index in [9.17, 15) is 14.7 Å². The minimum absolute atomic E-state index is 0.221. The van der Waals surface area contributed by atoms with E-state index < -0.39 is 11.8 Å². The summed E-state index contributed by atoms with van der Waals surface area (Å²) in [4.78, 5) is 22.5. The number of esters is 1. The highest BCUT2D eigenvalue weighted by Gasteiger charge is 2.29. The van der Waals surface area contributed by atoms with E-state index in [1.165, 1.54) is 38.4 Å². The highest BCUT2D eigenvalue weighted by atomic mass is 16.5. The second-order valence-corrected chi connectivity index (χ2v) is 8.81. The van der Waals surface area contributed by atoms with E-state index in [-0.39, 0.29) is 18.4 Å². The Balaban J connectivity index is 2.35. The van der Waals surface area contributed by atoms with Crippen molar-refractivity contribution in [2.24, 2.45) is 11.3 Å². The summed E-state index contributed by atoms with van der Waals surface area (Å²) in [6, 6.07) is 0. The van der Waals surface area contributed by atoms with Gasteiger partial charge in [0.05, 0.1) is 13.2 Å². The maximum Gasteiger partial charge on any atom is 0.374 e. The number of ketones is 1. The van der Waals surface area contributed by atoms with Crippen molar-refractivity contribution in [3.05, 3.63) is 11.6 Å². The van der Waals surface area contributed by atoms with Crippen LogP contribution in [0.2, 0.25) is 0 Å². The minimum atomic E-state index is -0.742. The Morgan fingerprint density at radius 2 is 1.93 bits per heavy atom. The van der Waals surface area contributed by atoms with Crippen LogP contribution in [-0.2, 0) is 14.3 Å². The summed E-state index contributed by atoms with van der Waals surface area (Å²) < 4.78 is 4.43. The van der Waals surface area contributed by atoms with E-state index in [1.807, 2.05) is 0 Å². The van der Waals surface area contributed by atoms with Crippen LogP contribution in [0, 0.1) is 11.3 Å². The first kappa shape index (κ1) is 23.9. The van der Waals surface area contributed by atoms with Gasteiger partial charge < -0.3 is 9.84 Å². The molecule has 0 saturated heterocycles. The molecule has 0 aromatic rings. The summed E-state index contributed by atoms with van der Waals surface area (Å²) in [5.41, 5.74) is 1.82. The molecule has 0 aromatic carbocycles. The van der Waals surface area contributed by atoms with E-state index in [1.54, 1.807) is 0 Å². The van der Waals surface area contributed by atoms with Gasteiger partial charge in [-0.2, -0.15) is 0 Å². The standard InChI is InChI=1S/C23H40O4/c1-5-6-16-23(2,3)17-10-11-18-14-15-20(24)19(18)12-8-7-9-13-21(25)22(26)27-4/h11,19-20,24H,5-10,12-17H2,1-4H3/t19-,20+/m1/s1. The smallest absolute Gasteiger partial charge is 0.374 e. The number of allylic oxidation sites excluding steroid dienone is 1. The predicted octanol–water partition coefficient (Wildman–Crippen LogP) is 5.37. The molecule has 0 aliphatic heterocycles. The quantitative estimate of drug-likeness (QED) is 0.202. The van der Waals surface area contributed by atoms with Crippen LogP contribution in [0.5, 0.6) is 0 Å². The molecule has 156 valence electrons. The molecule has 0 spiro atoms. The molecule has 0 unspecified atom stereocenters. The molecule has 1 N–H and O–H groups in total. The molecule has 1 aliphatic carbocycles. The van der Waals surface area contributed by atoms with Crippen molar-refractivity contribution in [3.8, 4) is 0 Å². The van der Waals surface area contributed by atoms with Crippen LogP contribution in [0.25, 0.3) is 0 Å². The van der Waals surface area contributed by atoms with Crippen molar-refractivity contribution in [1.82, 2.24) is 0 Å². The van der Waals surface area contributed by atoms with Crippen LogP contribution >= 0.6 is 0 Å². The summed E-state index contributed by atoms with van der Waals surface area (Å²) >= 11 is 0. The average Bonchev–Trinajstić information content (AvgIpc) is 2.98. The largest absolute Gasteiger partial charge is 0.463 e. The molecule has 0 aromatic heterocycles. The molecule has 0 amide bonds. The Kier molecular flexibility index (Phi) is 10.9. The van der Waals surface area contributed by atoms with Crippen LogP contribution in [0.4, 0.5) is 0 Å². The molecule has 1 rings (SSSR count). The molecular formula is C23H40O4. The lowest BCUT2D eigenvalue weighted by Gasteiger charge is -2.24. The zero-order chi connectivity index (χ0) is 20.3. The molecule has 0 heterocycles. The lowest BCUT2D eigenvalue weighted by Crippen LogP contribution is -2.16. The number of aliphatic hydroxyl groups is 1. The van der Waals surface area contributed by atoms with Gasteiger partial charge in [-0.25, -0.2) is 4.79 Å². The van der Waals surface area contributed by atoms with Crippen molar-refractivity contribution in [3.63, 3.8) is 0 Å². The van der Waals surface area contributed by atoms with E-state index >= 15 is 0 Å². The number of carbonyl (C=O) groups is 2. The fourth-order valence-electron chi connectivity index (χ4n) is 4.05. The third-order valence-corrected chi connectivity index (χ3v) is 5.94. The highest BCUT2D eigenvalue weighted by Crippen LogP contribution is 2.37. The van der Waals surface area contributed by atoms with Gasteiger partial charge in [0.15, 0.2) is 0 Å². The van der Waals surface area contributed by atoms with Crippen LogP contribution < -0.4 is 0 Å². The second kappa shape index (κ2) is 12.3. The van der Waals surface area contributed by atoms with Crippen LogP contribution in [0.15, 0.2) is 11.6 Å². The zero-order valence-corrected chi connectivity index (χ0v) is 17.9. The first-order chi connectivity index (χ1) is 12.8. The van der Waals surface area contributed by atoms with Gasteiger partial charge >= 0.3 is 5.97 Å². The molecule has 1 aliphatic rings. The average molecular weight is 381 g/mol. The van der Waals surface area contributed by atoms with Gasteiger partial charge in [-0.15, -0.1) is 0 Å². The summed E-state index contributed by atoms with van der Waals surface area (Å²) in [7, 11) is 1.24. The zero-order valence-electron chi connectivity index (χ0n) is 17.9. The molecule has 4 heteroatoms. The first-order valence-corrected chi connectivity index (χ1v) is 10.8. The molecule has 0 radical (unpaired) electrons. The van der Waals surface area contributed by atoms with Crippen molar-refractivity contribution < 1.29 is 19.4 Å². The maximum atomic E-state index is 11.4. The minimum Gasteiger partial charge on any atom is -0.463 e. The van der Waals surface area contributed by atoms with Gasteiger partial charge in [-0.3, -0.25) is 4.79 Å². The Bertz CT molecular complexity index is 493.